The van der Waals surface area contributed by atoms with E-state index in [1.165, 1.54) is 0 Å². The molecule has 9 heteroatoms. The highest BCUT2D eigenvalue weighted by Gasteiger charge is 2.32. The third-order valence-corrected chi connectivity index (χ3v) is 4.13. The number of aromatic nitrogens is 4. The number of piperazine rings is 1. The predicted octanol–water partition coefficient (Wildman–Crippen LogP) is -0.710. The van der Waals surface area contributed by atoms with E-state index in [-0.39, 0.29) is 18.4 Å². The van der Waals surface area contributed by atoms with Crippen molar-refractivity contribution >= 4 is 17.5 Å². The average molecular weight is 331 g/mol. The van der Waals surface area contributed by atoms with Gasteiger partial charge in [-0.2, -0.15) is 10.2 Å². The van der Waals surface area contributed by atoms with Gasteiger partial charge in [-0.3, -0.25) is 19.0 Å². The summed E-state index contributed by atoms with van der Waals surface area (Å²) in [5.74, 6) is -0.228. The lowest BCUT2D eigenvalue weighted by atomic mass is 10.1. The second kappa shape index (κ2) is 6.44. The van der Waals surface area contributed by atoms with Crippen molar-refractivity contribution in [3.63, 3.8) is 0 Å². The maximum absolute atomic E-state index is 12.8. The van der Waals surface area contributed by atoms with Crippen LogP contribution in [-0.4, -0.2) is 63.0 Å². The van der Waals surface area contributed by atoms with Crippen LogP contribution in [0.4, 0.5) is 5.69 Å². The molecule has 2 aromatic rings. The first-order valence-electron chi connectivity index (χ1n) is 7.73. The number of likely N-dealkylation sites (N-methyl/N-ethyl adjacent to an activating group) is 1. The van der Waals surface area contributed by atoms with Crippen molar-refractivity contribution in [2.45, 2.75) is 6.04 Å². The highest BCUT2D eigenvalue weighted by molar-refractivity contribution is 5.98. The van der Waals surface area contributed by atoms with Gasteiger partial charge in [-0.05, 0) is 7.05 Å². The number of hydrogen-bond acceptors (Lipinski definition) is 5. The molecule has 1 aliphatic heterocycles. The van der Waals surface area contributed by atoms with Crippen LogP contribution in [0.3, 0.4) is 0 Å². The van der Waals surface area contributed by atoms with Crippen LogP contribution in [0.1, 0.15) is 11.6 Å². The number of hydrogen-bond donors (Lipinski definition) is 1. The summed E-state index contributed by atoms with van der Waals surface area (Å²) in [6, 6.07) is -0.503. The fourth-order valence-electron chi connectivity index (χ4n) is 2.89. The minimum absolute atomic E-state index is 0.0617. The highest BCUT2D eigenvalue weighted by atomic mass is 16.2. The van der Waals surface area contributed by atoms with Gasteiger partial charge in [0, 0.05) is 45.1 Å². The van der Waals surface area contributed by atoms with Gasteiger partial charge in [-0.15, -0.1) is 0 Å². The third-order valence-electron chi connectivity index (χ3n) is 4.13. The van der Waals surface area contributed by atoms with Gasteiger partial charge in [0.25, 0.3) is 0 Å². The van der Waals surface area contributed by atoms with E-state index < -0.39 is 6.04 Å². The van der Waals surface area contributed by atoms with Gasteiger partial charge in [0.1, 0.15) is 12.6 Å². The summed E-state index contributed by atoms with van der Waals surface area (Å²) in [5.41, 5.74) is 1.54. The first-order chi connectivity index (χ1) is 11.5. The highest BCUT2D eigenvalue weighted by Crippen LogP contribution is 2.19. The van der Waals surface area contributed by atoms with Crippen LogP contribution < -0.4 is 10.2 Å². The Morgan fingerprint density at radius 3 is 2.42 bits per heavy atom. The van der Waals surface area contributed by atoms with Crippen LogP contribution in [0.2, 0.25) is 0 Å². The van der Waals surface area contributed by atoms with Crippen LogP contribution in [0, 0.1) is 0 Å². The average Bonchev–Trinajstić information content (AvgIpc) is 3.16. The number of aryl methyl sites for hydroxylation is 2. The molecular formula is C15H21N7O2. The van der Waals surface area contributed by atoms with Crippen LogP contribution in [-0.2, 0) is 23.7 Å². The van der Waals surface area contributed by atoms with E-state index in [1.54, 1.807) is 65.1 Å². The summed E-state index contributed by atoms with van der Waals surface area (Å²) in [7, 11) is 5.33. The van der Waals surface area contributed by atoms with Gasteiger partial charge < -0.3 is 15.1 Å². The Labute approximate surface area is 139 Å². The molecule has 0 radical (unpaired) electrons. The lowest BCUT2D eigenvalue weighted by Crippen LogP contribution is -2.54. The quantitative estimate of drug-likeness (QED) is 0.799. The van der Waals surface area contributed by atoms with E-state index in [2.05, 4.69) is 15.5 Å². The Bertz CT molecular complexity index is 751. The number of anilines is 1. The second-order valence-electron chi connectivity index (χ2n) is 5.85. The zero-order valence-corrected chi connectivity index (χ0v) is 14.0. The first-order valence-corrected chi connectivity index (χ1v) is 7.73. The number of nitrogens with zero attached hydrogens (tertiary/aromatic N) is 6. The van der Waals surface area contributed by atoms with E-state index in [4.69, 9.17) is 0 Å². The van der Waals surface area contributed by atoms with Crippen molar-refractivity contribution in [3.05, 3.63) is 30.4 Å². The van der Waals surface area contributed by atoms with Gasteiger partial charge >= 0.3 is 0 Å². The Kier molecular flexibility index (Phi) is 4.34. The van der Waals surface area contributed by atoms with E-state index >= 15 is 0 Å². The molecule has 3 rings (SSSR count). The smallest absolute Gasteiger partial charge is 0.246 e. The Morgan fingerprint density at radius 2 is 1.88 bits per heavy atom. The molecule has 0 spiro atoms. The van der Waals surface area contributed by atoms with Crippen LogP contribution >= 0.6 is 0 Å². The molecule has 2 amide bonds. The molecule has 0 aliphatic carbocycles. The molecule has 3 heterocycles. The fraction of sp³-hybridized carbons (Fsp3) is 0.467. The van der Waals surface area contributed by atoms with E-state index in [0.717, 1.165) is 11.3 Å². The van der Waals surface area contributed by atoms with Crippen LogP contribution in [0.25, 0.3) is 0 Å². The molecule has 1 saturated heterocycles. The Hall–Kier alpha value is -2.68. The molecular weight excluding hydrogens is 310 g/mol. The molecule has 0 saturated carbocycles. The zero-order chi connectivity index (χ0) is 17.3. The third kappa shape index (κ3) is 3.02. The van der Waals surface area contributed by atoms with Crippen molar-refractivity contribution < 1.29 is 9.59 Å². The molecule has 0 aromatic carbocycles. The number of nitrogens with one attached hydrogen (secondary N) is 1. The topological polar surface area (TPSA) is 88.3 Å². The molecule has 128 valence electrons. The zero-order valence-electron chi connectivity index (χ0n) is 14.0. The van der Waals surface area contributed by atoms with Crippen molar-refractivity contribution in [2.75, 3.05) is 31.6 Å². The van der Waals surface area contributed by atoms with Crippen molar-refractivity contribution in [2.24, 2.45) is 14.1 Å². The monoisotopic (exact) mass is 331 g/mol. The minimum atomic E-state index is -0.503. The fourth-order valence-corrected chi connectivity index (χ4v) is 2.89. The van der Waals surface area contributed by atoms with Crippen molar-refractivity contribution in [1.82, 2.24) is 29.8 Å². The molecule has 1 unspecified atom stereocenters. The van der Waals surface area contributed by atoms with Gasteiger partial charge in [0.05, 0.1) is 18.1 Å². The minimum Gasteiger partial charge on any atom is -0.330 e. The summed E-state index contributed by atoms with van der Waals surface area (Å²) < 4.78 is 3.30. The normalized spacial score (nSPS) is 16.5. The predicted molar refractivity (Wildman–Crippen MR) is 87.1 cm³/mol. The van der Waals surface area contributed by atoms with Crippen LogP contribution in [0.5, 0.6) is 0 Å². The number of carbonyl (C=O) groups is 2. The summed E-state index contributed by atoms with van der Waals surface area (Å²) in [6.45, 7) is 1.00. The number of amides is 2. The SMILES string of the molecule is CNC(C(=O)N1CCN(c2cnn(C)c2)C(=O)C1)c1cnn(C)c1. The van der Waals surface area contributed by atoms with E-state index in [0.29, 0.717) is 13.1 Å². The maximum Gasteiger partial charge on any atom is 0.246 e. The molecule has 1 aliphatic rings. The number of carbonyl (C=O) groups excluding carboxylic acids is 2. The summed E-state index contributed by atoms with van der Waals surface area (Å²) in [4.78, 5) is 28.4. The summed E-state index contributed by atoms with van der Waals surface area (Å²) in [5, 5.41) is 11.2. The standard InChI is InChI=1S/C15H21N7O2/c1-16-14(11-6-17-19(2)8-11)15(24)21-4-5-22(13(23)10-21)12-7-18-20(3)9-12/h6-9,14,16H,4-5,10H2,1-3H3. The lowest BCUT2D eigenvalue weighted by molar-refractivity contribution is -0.138. The Morgan fingerprint density at radius 1 is 1.17 bits per heavy atom. The second-order valence-corrected chi connectivity index (χ2v) is 5.85. The van der Waals surface area contributed by atoms with Gasteiger partial charge in [0.15, 0.2) is 0 Å². The molecule has 0 bridgehead atoms. The van der Waals surface area contributed by atoms with E-state index in [9.17, 15) is 9.59 Å². The molecule has 2 aromatic heterocycles. The Balaban J connectivity index is 1.70. The first kappa shape index (κ1) is 16.2. The largest absolute Gasteiger partial charge is 0.330 e. The van der Waals surface area contributed by atoms with Gasteiger partial charge in [0.2, 0.25) is 11.8 Å². The maximum atomic E-state index is 12.8. The molecule has 1 N–H and O–H groups in total. The molecule has 1 atom stereocenters. The van der Waals surface area contributed by atoms with Crippen molar-refractivity contribution in [3.8, 4) is 0 Å². The lowest BCUT2D eigenvalue weighted by Gasteiger charge is -2.35. The molecule has 24 heavy (non-hydrogen) atoms. The summed E-state index contributed by atoms with van der Waals surface area (Å²) >= 11 is 0. The molecule has 9 nitrogen and oxygen atoms in total. The van der Waals surface area contributed by atoms with Gasteiger partial charge in [-0.1, -0.05) is 0 Å². The van der Waals surface area contributed by atoms with E-state index in [1.807, 2.05) is 0 Å². The van der Waals surface area contributed by atoms with Crippen molar-refractivity contribution in [1.29, 1.82) is 0 Å². The van der Waals surface area contributed by atoms with Crippen LogP contribution in [0.15, 0.2) is 24.8 Å². The number of rotatable bonds is 4. The van der Waals surface area contributed by atoms with Gasteiger partial charge in [-0.25, -0.2) is 0 Å². The summed E-state index contributed by atoms with van der Waals surface area (Å²) in [6.07, 6.45) is 6.91. The molecule has 1 fully saturated rings.